The Morgan fingerprint density at radius 2 is 1.76 bits per heavy atom. The van der Waals surface area contributed by atoms with Crippen molar-refractivity contribution in [3.63, 3.8) is 0 Å². The fraction of sp³-hybridized carbons (Fsp3) is 0.774. The monoisotopic (exact) mass is 447 g/mol. The molecule has 0 saturated heterocycles. The number of hydrogen-bond donors (Lipinski definition) is 1. The van der Waals surface area contributed by atoms with Gasteiger partial charge in [-0.05, 0) is 135 Å². The number of benzene rings is 1. The highest BCUT2D eigenvalue weighted by Crippen LogP contribution is 2.66. The Balaban J connectivity index is 1.27. The molecule has 1 N–H and O–H groups in total. The zero-order valence-corrected chi connectivity index (χ0v) is 21.2. The summed E-state index contributed by atoms with van der Waals surface area (Å²) in [4.78, 5) is 0. The van der Waals surface area contributed by atoms with Crippen molar-refractivity contribution in [1.29, 1.82) is 5.26 Å². The van der Waals surface area contributed by atoms with Gasteiger partial charge in [0, 0.05) is 0 Å². The Morgan fingerprint density at radius 3 is 2.48 bits per heavy atom. The quantitative estimate of drug-likeness (QED) is 0.507. The molecule has 180 valence electrons. The van der Waals surface area contributed by atoms with E-state index in [-0.39, 0.29) is 5.60 Å². The van der Waals surface area contributed by atoms with Crippen molar-refractivity contribution >= 4 is 0 Å². The molecule has 2 heteroatoms. The van der Waals surface area contributed by atoms with Gasteiger partial charge < -0.3 is 5.11 Å². The van der Waals surface area contributed by atoms with Crippen molar-refractivity contribution in [3.05, 3.63) is 35.4 Å². The topological polar surface area (TPSA) is 44.0 Å². The Morgan fingerprint density at radius 1 is 1.00 bits per heavy atom. The van der Waals surface area contributed by atoms with E-state index < -0.39 is 0 Å². The molecule has 0 radical (unpaired) electrons. The van der Waals surface area contributed by atoms with E-state index in [1.807, 2.05) is 12.1 Å². The lowest BCUT2D eigenvalue weighted by Crippen LogP contribution is -2.51. The molecule has 4 aliphatic carbocycles. The summed E-state index contributed by atoms with van der Waals surface area (Å²) in [6.07, 6.45) is 15.2. The predicted octanol–water partition coefficient (Wildman–Crippen LogP) is 7.54. The molecule has 1 aromatic rings. The highest BCUT2D eigenvalue weighted by Gasteiger charge is 2.58. The molecule has 1 aromatic carbocycles. The van der Waals surface area contributed by atoms with Crippen LogP contribution in [0, 0.1) is 58.2 Å². The van der Waals surface area contributed by atoms with Crippen LogP contribution in [0.5, 0.6) is 0 Å². The van der Waals surface area contributed by atoms with Gasteiger partial charge in [-0.1, -0.05) is 39.3 Å². The largest absolute Gasteiger partial charge is 0.390 e. The average Bonchev–Trinajstić information content (AvgIpc) is 3.16. The number of rotatable bonds is 5. The molecule has 0 unspecified atom stereocenters. The van der Waals surface area contributed by atoms with Crippen LogP contribution in [0.1, 0.15) is 103 Å². The molecule has 9 atom stereocenters. The predicted molar refractivity (Wildman–Crippen MR) is 134 cm³/mol. The van der Waals surface area contributed by atoms with Crippen LogP contribution >= 0.6 is 0 Å². The number of nitrogens with zero attached hydrogens (tertiary/aromatic N) is 1. The van der Waals surface area contributed by atoms with E-state index in [1.54, 1.807) is 0 Å². The van der Waals surface area contributed by atoms with Gasteiger partial charge in [0.25, 0.3) is 0 Å². The maximum atomic E-state index is 11.1. The van der Waals surface area contributed by atoms with E-state index in [9.17, 15) is 5.11 Å². The zero-order valence-electron chi connectivity index (χ0n) is 21.2. The molecule has 4 saturated carbocycles. The van der Waals surface area contributed by atoms with E-state index in [0.717, 1.165) is 73.2 Å². The molecular weight excluding hydrogens is 402 g/mol. The van der Waals surface area contributed by atoms with Crippen molar-refractivity contribution in [3.8, 4) is 6.07 Å². The lowest BCUT2D eigenvalue weighted by atomic mass is 9.48. The molecule has 0 spiro atoms. The van der Waals surface area contributed by atoms with Gasteiger partial charge in [-0.2, -0.15) is 5.26 Å². The third-order valence-corrected chi connectivity index (χ3v) is 11.2. The third-order valence-electron chi connectivity index (χ3n) is 11.2. The summed E-state index contributed by atoms with van der Waals surface area (Å²) >= 11 is 0. The van der Waals surface area contributed by atoms with Crippen LogP contribution < -0.4 is 0 Å². The van der Waals surface area contributed by atoms with Gasteiger partial charge >= 0.3 is 0 Å². The SMILES string of the molecule is CCC[C@@]1(O)CC[C@H]2[C@H](CC[C@@H]3[C@@H]2CC[C@]2(C)[C@@H]([C@@H](C)Cc4ccc(C#N)cc4)CC[C@@H]32)C1. The van der Waals surface area contributed by atoms with Gasteiger partial charge in [0.15, 0.2) is 0 Å². The van der Waals surface area contributed by atoms with Crippen LogP contribution in [0.15, 0.2) is 24.3 Å². The van der Waals surface area contributed by atoms with Gasteiger partial charge in [0.1, 0.15) is 0 Å². The summed E-state index contributed by atoms with van der Waals surface area (Å²) in [5.41, 5.74) is 2.32. The summed E-state index contributed by atoms with van der Waals surface area (Å²) in [6.45, 7) is 7.38. The molecule has 0 aromatic heterocycles. The number of aliphatic hydroxyl groups is 1. The average molecular weight is 448 g/mol. The normalized spacial score (nSPS) is 43.1. The highest BCUT2D eigenvalue weighted by molar-refractivity contribution is 5.31. The summed E-state index contributed by atoms with van der Waals surface area (Å²) in [5.74, 6) is 6.00. The van der Waals surface area contributed by atoms with Crippen LogP contribution in [0.2, 0.25) is 0 Å². The third kappa shape index (κ3) is 4.18. The Bertz CT molecular complexity index is 870. The van der Waals surface area contributed by atoms with Crippen molar-refractivity contribution in [2.24, 2.45) is 46.8 Å². The number of hydrogen-bond acceptors (Lipinski definition) is 2. The Hall–Kier alpha value is -1.33. The first-order chi connectivity index (χ1) is 15.9. The second-order valence-corrected chi connectivity index (χ2v) is 12.9. The smallest absolute Gasteiger partial charge is 0.0991 e. The summed E-state index contributed by atoms with van der Waals surface area (Å²) in [5, 5.41) is 20.2. The molecular formula is C31H45NO. The molecule has 2 nitrogen and oxygen atoms in total. The summed E-state index contributed by atoms with van der Waals surface area (Å²) < 4.78 is 0. The second kappa shape index (κ2) is 9.03. The van der Waals surface area contributed by atoms with Gasteiger partial charge in [0.2, 0.25) is 0 Å². The molecule has 0 bridgehead atoms. The van der Waals surface area contributed by atoms with Gasteiger partial charge in [-0.15, -0.1) is 0 Å². The van der Waals surface area contributed by atoms with Crippen molar-refractivity contribution in [2.75, 3.05) is 0 Å². The van der Waals surface area contributed by atoms with Crippen molar-refractivity contribution in [2.45, 2.75) is 103 Å². The standard InChI is InChI=1S/C31H45NO/c1-4-15-31(33)17-14-25-24(19-31)9-10-27-26(25)13-16-30(3)28(11-12-29(27)30)21(2)18-22-5-7-23(20-32)8-6-22/h5-8,21,24-29,33H,4,9-19H2,1-3H3/t21-,24+,25-,26+,27+,28+,29-,30+,31+/m0/s1. The summed E-state index contributed by atoms with van der Waals surface area (Å²) in [6, 6.07) is 10.6. The van der Waals surface area contributed by atoms with Crippen LogP contribution in [-0.4, -0.2) is 10.7 Å². The maximum absolute atomic E-state index is 11.1. The molecule has 4 aliphatic rings. The Labute approximate surface area is 202 Å². The van der Waals surface area contributed by atoms with E-state index >= 15 is 0 Å². The minimum atomic E-state index is -0.356. The molecule has 33 heavy (non-hydrogen) atoms. The van der Waals surface area contributed by atoms with E-state index in [1.165, 1.54) is 50.5 Å². The molecule has 0 heterocycles. The first-order valence-corrected chi connectivity index (χ1v) is 14.1. The molecule has 0 amide bonds. The van der Waals surface area contributed by atoms with Gasteiger partial charge in [-0.3, -0.25) is 0 Å². The van der Waals surface area contributed by atoms with Crippen LogP contribution in [-0.2, 0) is 6.42 Å². The van der Waals surface area contributed by atoms with Crippen LogP contribution in [0.4, 0.5) is 0 Å². The van der Waals surface area contributed by atoms with E-state index in [0.29, 0.717) is 11.3 Å². The molecule has 4 fully saturated rings. The number of nitriles is 1. The fourth-order valence-corrected chi connectivity index (χ4v) is 9.86. The highest BCUT2D eigenvalue weighted by atomic mass is 16.3. The zero-order chi connectivity index (χ0) is 23.2. The molecule has 0 aliphatic heterocycles. The minimum absolute atomic E-state index is 0.356. The minimum Gasteiger partial charge on any atom is -0.390 e. The van der Waals surface area contributed by atoms with E-state index in [4.69, 9.17) is 5.26 Å². The fourth-order valence-electron chi connectivity index (χ4n) is 9.86. The molecule has 5 rings (SSSR count). The van der Waals surface area contributed by atoms with Crippen molar-refractivity contribution < 1.29 is 5.11 Å². The first kappa shape index (κ1) is 23.4. The second-order valence-electron chi connectivity index (χ2n) is 12.9. The summed E-state index contributed by atoms with van der Waals surface area (Å²) in [7, 11) is 0. The van der Waals surface area contributed by atoms with Crippen LogP contribution in [0.25, 0.3) is 0 Å². The maximum Gasteiger partial charge on any atom is 0.0991 e. The van der Waals surface area contributed by atoms with Gasteiger partial charge in [0.05, 0.1) is 17.2 Å². The first-order valence-electron chi connectivity index (χ1n) is 14.1. The van der Waals surface area contributed by atoms with E-state index in [2.05, 4.69) is 39.0 Å². The van der Waals surface area contributed by atoms with Crippen molar-refractivity contribution in [1.82, 2.24) is 0 Å². The van der Waals surface area contributed by atoms with Gasteiger partial charge in [-0.25, -0.2) is 0 Å². The number of fused-ring (bicyclic) bond motifs is 5. The van der Waals surface area contributed by atoms with Crippen LogP contribution in [0.3, 0.4) is 0 Å². The Kier molecular flexibility index (Phi) is 6.41. The lowest BCUT2D eigenvalue weighted by Gasteiger charge is -2.57. The lowest BCUT2D eigenvalue weighted by molar-refractivity contribution is -0.110.